The first-order valence-electron chi connectivity index (χ1n) is 5.50. The summed E-state index contributed by atoms with van der Waals surface area (Å²) in [5.41, 5.74) is 0.410. The molecule has 0 spiro atoms. The minimum atomic E-state index is -4.26. The van der Waals surface area contributed by atoms with Crippen molar-refractivity contribution in [1.82, 2.24) is 15.0 Å². The van der Waals surface area contributed by atoms with Gasteiger partial charge in [-0.15, -0.1) is 0 Å². The molecule has 0 amide bonds. The van der Waals surface area contributed by atoms with Crippen molar-refractivity contribution in [3.05, 3.63) is 30.1 Å². The Bertz CT molecular complexity index is 733. The second kappa shape index (κ2) is 5.39. The van der Waals surface area contributed by atoms with Crippen molar-refractivity contribution in [2.75, 3.05) is 12.4 Å². The van der Waals surface area contributed by atoms with E-state index in [-0.39, 0.29) is 16.9 Å². The zero-order valence-corrected chi connectivity index (χ0v) is 11.5. The van der Waals surface area contributed by atoms with Gasteiger partial charge < -0.3 is 10.1 Å². The molecule has 9 heteroatoms. The summed E-state index contributed by atoms with van der Waals surface area (Å²) in [6.07, 6.45) is 0. The Labute approximate surface area is 115 Å². The third-order valence-corrected chi connectivity index (χ3v) is 3.15. The molecule has 1 aromatic carbocycles. The van der Waals surface area contributed by atoms with E-state index in [2.05, 4.69) is 20.3 Å². The highest BCUT2D eigenvalue weighted by Gasteiger charge is 2.10. The van der Waals surface area contributed by atoms with Gasteiger partial charge in [0.1, 0.15) is 5.82 Å². The molecule has 0 saturated heterocycles. The average Bonchev–Trinajstić information content (AvgIpc) is 2.37. The molecule has 2 N–H and O–H groups in total. The van der Waals surface area contributed by atoms with Crippen molar-refractivity contribution < 1.29 is 17.7 Å². The quantitative estimate of drug-likeness (QED) is 0.808. The lowest BCUT2D eigenvalue weighted by atomic mass is 10.3. The largest absolute Gasteiger partial charge is 0.467 e. The lowest BCUT2D eigenvalue weighted by molar-refractivity contribution is 0.377. The number of methoxy groups -OCH3 is 1. The topological polar surface area (TPSA) is 114 Å². The maximum atomic E-state index is 11.1. The van der Waals surface area contributed by atoms with Crippen LogP contribution in [0.3, 0.4) is 0 Å². The Hall–Kier alpha value is -2.26. The van der Waals surface area contributed by atoms with Gasteiger partial charge in [-0.2, -0.15) is 23.4 Å². The third-order valence-electron chi connectivity index (χ3n) is 2.30. The molecule has 20 heavy (non-hydrogen) atoms. The highest BCUT2D eigenvalue weighted by atomic mass is 32.2. The summed E-state index contributed by atoms with van der Waals surface area (Å²) in [5, 5.41) is 2.81. The fourth-order valence-corrected chi connectivity index (χ4v) is 1.99. The standard InChI is InChI=1S/C11H12N4O4S/c1-7-12-10(15-11(13-7)19-2)14-8-4-3-5-9(6-8)20(16,17)18/h3-6H,1-2H3,(H,16,17,18)(H,12,13,14,15). The summed E-state index contributed by atoms with van der Waals surface area (Å²) < 4.78 is 36.0. The summed E-state index contributed by atoms with van der Waals surface area (Å²) in [6, 6.07) is 5.78. The predicted octanol–water partition coefficient (Wildman–Crippen LogP) is 1.18. The van der Waals surface area contributed by atoms with Gasteiger partial charge in [0.15, 0.2) is 0 Å². The molecule has 1 heterocycles. The number of aromatic nitrogens is 3. The highest BCUT2D eigenvalue weighted by Crippen LogP contribution is 2.18. The van der Waals surface area contributed by atoms with Crippen molar-refractivity contribution in [3.8, 4) is 6.01 Å². The molecule has 0 aliphatic carbocycles. The van der Waals surface area contributed by atoms with E-state index in [1.54, 1.807) is 13.0 Å². The SMILES string of the molecule is COc1nc(C)nc(Nc2cccc(S(=O)(=O)O)c2)n1. The number of rotatable bonds is 4. The van der Waals surface area contributed by atoms with Crippen LogP contribution < -0.4 is 10.1 Å². The van der Waals surface area contributed by atoms with Gasteiger partial charge in [0, 0.05) is 5.69 Å². The molecule has 0 atom stereocenters. The van der Waals surface area contributed by atoms with Crippen molar-refractivity contribution in [3.63, 3.8) is 0 Å². The van der Waals surface area contributed by atoms with Crippen molar-refractivity contribution in [2.24, 2.45) is 0 Å². The molecule has 0 fully saturated rings. The molecule has 2 rings (SSSR count). The van der Waals surface area contributed by atoms with E-state index in [0.29, 0.717) is 11.5 Å². The van der Waals surface area contributed by atoms with Crippen LogP contribution in [-0.2, 0) is 10.1 Å². The highest BCUT2D eigenvalue weighted by molar-refractivity contribution is 7.85. The minimum absolute atomic E-state index is 0.144. The van der Waals surface area contributed by atoms with Crippen LogP contribution in [0.15, 0.2) is 29.2 Å². The van der Waals surface area contributed by atoms with Gasteiger partial charge in [0.25, 0.3) is 10.1 Å². The summed E-state index contributed by atoms with van der Waals surface area (Å²) in [7, 11) is -2.83. The fraction of sp³-hybridized carbons (Fsp3) is 0.182. The second-order valence-electron chi connectivity index (χ2n) is 3.82. The van der Waals surface area contributed by atoms with Crippen molar-refractivity contribution >= 4 is 21.8 Å². The summed E-state index contributed by atoms with van der Waals surface area (Å²) in [6.45, 7) is 1.67. The molecular formula is C11H12N4O4S. The first-order chi connectivity index (χ1) is 9.38. The van der Waals surface area contributed by atoms with Gasteiger partial charge in [-0.05, 0) is 25.1 Å². The summed E-state index contributed by atoms with van der Waals surface area (Å²) >= 11 is 0. The fourth-order valence-electron chi connectivity index (χ4n) is 1.47. The number of anilines is 2. The van der Waals surface area contributed by atoms with Gasteiger partial charge in [0.05, 0.1) is 12.0 Å². The van der Waals surface area contributed by atoms with E-state index < -0.39 is 10.1 Å². The van der Waals surface area contributed by atoms with Crippen LogP contribution in [0, 0.1) is 6.92 Å². The summed E-state index contributed by atoms with van der Waals surface area (Å²) in [5.74, 6) is 0.659. The maximum absolute atomic E-state index is 11.1. The van der Waals surface area contributed by atoms with Crippen LogP contribution in [0.4, 0.5) is 11.6 Å². The van der Waals surface area contributed by atoms with E-state index in [0.717, 1.165) is 0 Å². The van der Waals surface area contributed by atoms with Crippen LogP contribution in [0.25, 0.3) is 0 Å². The van der Waals surface area contributed by atoms with E-state index in [4.69, 9.17) is 9.29 Å². The molecule has 0 unspecified atom stereocenters. The Morgan fingerprint density at radius 3 is 2.65 bits per heavy atom. The molecule has 8 nitrogen and oxygen atoms in total. The first kappa shape index (κ1) is 14.2. The smallest absolute Gasteiger partial charge is 0.321 e. The molecule has 0 aliphatic rings. The number of nitrogens with one attached hydrogen (secondary N) is 1. The van der Waals surface area contributed by atoms with E-state index in [1.807, 2.05) is 0 Å². The monoisotopic (exact) mass is 296 g/mol. The molecule has 0 bridgehead atoms. The number of ether oxygens (including phenoxy) is 1. The van der Waals surface area contributed by atoms with Crippen molar-refractivity contribution in [2.45, 2.75) is 11.8 Å². The van der Waals surface area contributed by atoms with Crippen LogP contribution in [-0.4, -0.2) is 35.0 Å². The lowest BCUT2D eigenvalue weighted by Crippen LogP contribution is -2.04. The lowest BCUT2D eigenvalue weighted by Gasteiger charge is -2.07. The summed E-state index contributed by atoms with van der Waals surface area (Å²) in [4.78, 5) is 11.7. The number of nitrogens with zero attached hydrogens (tertiary/aromatic N) is 3. The second-order valence-corrected chi connectivity index (χ2v) is 5.24. The van der Waals surface area contributed by atoms with Crippen molar-refractivity contribution in [1.29, 1.82) is 0 Å². The Morgan fingerprint density at radius 1 is 1.25 bits per heavy atom. The van der Waals surface area contributed by atoms with E-state index in [9.17, 15) is 8.42 Å². The van der Waals surface area contributed by atoms with Gasteiger partial charge in [-0.1, -0.05) is 6.07 Å². The Balaban J connectivity index is 2.33. The minimum Gasteiger partial charge on any atom is -0.467 e. The molecule has 0 aliphatic heterocycles. The third kappa shape index (κ3) is 3.39. The predicted molar refractivity (Wildman–Crippen MR) is 70.7 cm³/mol. The molecular weight excluding hydrogens is 284 g/mol. The Kier molecular flexibility index (Phi) is 3.81. The molecule has 0 saturated carbocycles. The van der Waals surface area contributed by atoms with Crippen LogP contribution in [0.1, 0.15) is 5.82 Å². The Morgan fingerprint density at radius 2 is 2.00 bits per heavy atom. The maximum Gasteiger partial charge on any atom is 0.321 e. The average molecular weight is 296 g/mol. The number of aryl methyl sites for hydroxylation is 1. The molecule has 1 aromatic heterocycles. The first-order valence-corrected chi connectivity index (χ1v) is 6.94. The molecule has 2 aromatic rings. The van der Waals surface area contributed by atoms with Crippen LogP contribution in [0.5, 0.6) is 6.01 Å². The van der Waals surface area contributed by atoms with Gasteiger partial charge in [0.2, 0.25) is 5.95 Å². The van der Waals surface area contributed by atoms with Crippen LogP contribution in [0.2, 0.25) is 0 Å². The number of hydrogen-bond donors (Lipinski definition) is 2. The zero-order valence-electron chi connectivity index (χ0n) is 10.7. The van der Waals surface area contributed by atoms with Crippen LogP contribution >= 0.6 is 0 Å². The van der Waals surface area contributed by atoms with E-state index >= 15 is 0 Å². The normalized spacial score (nSPS) is 11.2. The molecule has 0 radical (unpaired) electrons. The number of benzene rings is 1. The molecule has 106 valence electrons. The van der Waals surface area contributed by atoms with Gasteiger partial charge in [-0.25, -0.2) is 0 Å². The number of hydrogen-bond acceptors (Lipinski definition) is 7. The van der Waals surface area contributed by atoms with Gasteiger partial charge >= 0.3 is 6.01 Å². The van der Waals surface area contributed by atoms with E-state index in [1.165, 1.54) is 25.3 Å². The van der Waals surface area contributed by atoms with Gasteiger partial charge in [-0.3, -0.25) is 4.55 Å². The zero-order chi connectivity index (χ0) is 14.8.